The van der Waals surface area contributed by atoms with Crippen LogP contribution in [0, 0.1) is 13.8 Å². The lowest BCUT2D eigenvalue weighted by Gasteiger charge is -2.36. The summed E-state index contributed by atoms with van der Waals surface area (Å²) in [6.45, 7) is 11.7. The molecule has 9 heteroatoms. The van der Waals surface area contributed by atoms with Gasteiger partial charge in [0, 0.05) is 32.7 Å². The molecule has 196 valence electrons. The second-order valence-corrected chi connectivity index (χ2v) is 10.3. The quantitative estimate of drug-likeness (QED) is 0.589. The molecular weight excluding hydrogens is 458 g/mol. The number of hydrogen-bond donors (Lipinski definition) is 1. The van der Waals surface area contributed by atoms with Crippen molar-refractivity contribution in [3.8, 4) is 6.01 Å². The van der Waals surface area contributed by atoms with Crippen molar-refractivity contribution in [3.05, 3.63) is 47.3 Å². The van der Waals surface area contributed by atoms with Gasteiger partial charge in [0.1, 0.15) is 5.60 Å². The minimum atomic E-state index is -0.610. The van der Waals surface area contributed by atoms with Crippen LogP contribution in [0.1, 0.15) is 50.6 Å². The number of anilines is 1. The normalized spacial score (nSPS) is 14.8. The van der Waals surface area contributed by atoms with Crippen LogP contribution in [0.25, 0.3) is 0 Å². The SMILES string of the molecule is Cc1nc(OCC(=O)N(C)C2CCN(CCc3ccccc3)CC2)nc(C)c1NC(=O)OC(C)(C)C. The molecule has 36 heavy (non-hydrogen) atoms. The lowest BCUT2D eigenvalue weighted by Crippen LogP contribution is -2.47. The highest BCUT2D eigenvalue weighted by molar-refractivity contribution is 5.86. The summed E-state index contributed by atoms with van der Waals surface area (Å²) in [4.78, 5) is 37.7. The molecule has 1 aromatic carbocycles. The Morgan fingerprint density at radius 3 is 2.28 bits per heavy atom. The number of amides is 2. The van der Waals surface area contributed by atoms with E-state index in [2.05, 4.69) is 44.5 Å². The number of benzene rings is 1. The molecule has 0 spiro atoms. The third-order valence-corrected chi connectivity index (χ3v) is 6.26. The molecule has 9 nitrogen and oxygen atoms in total. The fraction of sp³-hybridized carbons (Fsp3) is 0.556. The van der Waals surface area contributed by atoms with Gasteiger partial charge in [-0.05, 0) is 59.4 Å². The highest BCUT2D eigenvalue weighted by Gasteiger charge is 2.26. The molecule has 2 heterocycles. The topological polar surface area (TPSA) is 96.9 Å². The highest BCUT2D eigenvalue weighted by Crippen LogP contribution is 2.21. The van der Waals surface area contributed by atoms with Crippen LogP contribution in [-0.4, -0.2) is 76.7 Å². The second-order valence-electron chi connectivity index (χ2n) is 10.3. The number of nitrogens with one attached hydrogen (secondary N) is 1. The van der Waals surface area contributed by atoms with Gasteiger partial charge in [0.05, 0.1) is 17.1 Å². The molecule has 2 aromatic rings. The molecule has 1 N–H and O–H groups in total. The van der Waals surface area contributed by atoms with Gasteiger partial charge in [0.2, 0.25) is 0 Å². The van der Waals surface area contributed by atoms with Crippen molar-refractivity contribution in [2.75, 3.05) is 38.6 Å². The lowest BCUT2D eigenvalue weighted by atomic mass is 10.0. The first-order valence-electron chi connectivity index (χ1n) is 12.5. The summed E-state index contributed by atoms with van der Waals surface area (Å²) in [6, 6.07) is 10.8. The first-order chi connectivity index (χ1) is 17.0. The van der Waals surface area contributed by atoms with Gasteiger partial charge in [-0.25, -0.2) is 4.79 Å². The van der Waals surface area contributed by atoms with Crippen molar-refractivity contribution in [2.24, 2.45) is 0 Å². The molecule has 1 fully saturated rings. The van der Waals surface area contributed by atoms with Crippen LogP contribution in [0.2, 0.25) is 0 Å². The first-order valence-corrected chi connectivity index (χ1v) is 12.5. The number of likely N-dealkylation sites (tertiary alicyclic amines) is 1. The Balaban J connectivity index is 1.45. The van der Waals surface area contributed by atoms with Crippen molar-refractivity contribution in [1.29, 1.82) is 0 Å². The molecule has 3 rings (SSSR count). The van der Waals surface area contributed by atoms with Crippen molar-refractivity contribution in [1.82, 2.24) is 19.8 Å². The minimum Gasteiger partial charge on any atom is -0.453 e. The van der Waals surface area contributed by atoms with Crippen molar-refractivity contribution in [2.45, 2.75) is 65.5 Å². The van der Waals surface area contributed by atoms with E-state index in [-0.39, 0.29) is 24.6 Å². The van der Waals surface area contributed by atoms with Gasteiger partial charge in [0.25, 0.3) is 5.91 Å². The van der Waals surface area contributed by atoms with Crippen molar-refractivity contribution >= 4 is 17.7 Å². The summed E-state index contributed by atoms with van der Waals surface area (Å²) in [7, 11) is 1.83. The average Bonchev–Trinajstić information content (AvgIpc) is 2.83. The van der Waals surface area contributed by atoms with Gasteiger partial charge < -0.3 is 19.3 Å². The zero-order valence-electron chi connectivity index (χ0n) is 22.3. The zero-order chi connectivity index (χ0) is 26.3. The van der Waals surface area contributed by atoms with E-state index in [4.69, 9.17) is 9.47 Å². The third kappa shape index (κ3) is 8.19. The summed E-state index contributed by atoms with van der Waals surface area (Å²) < 4.78 is 10.9. The summed E-state index contributed by atoms with van der Waals surface area (Å²) >= 11 is 0. The number of aryl methyl sites for hydroxylation is 2. The molecule has 1 aliphatic heterocycles. The van der Waals surface area contributed by atoms with Gasteiger partial charge in [-0.15, -0.1) is 0 Å². The Morgan fingerprint density at radius 2 is 1.69 bits per heavy atom. The number of hydrogen-bond acceptors (Lipinski definition) is 7. The molecule has 2 amide bonds. The minimum absolute atomic E-state index is 0.104. The fourth-order valence-electron chi connectivity index (χ4n) is 4.23. The number of carbonyl (C=O) groups is 2. The molecule has 0 unspecified atom stereocenters. The number of rotatable bonds is 8. The van der Waals surface area contributed by atoms with Crippen LogP contribution >= 0.6 is 0 Å². The van der Waals surface area contributed by atoms with E-state index in [1.807, 2.05) is 13.1 Å². The lowest BCUT2D eigenvalue weighted by molar-refractivity contribution is -0.135. The molecular formula is C27H39N5O4. The van der Waals surface area contributed by atoms with Gasteiger partial charge in [-0.2, -0.15) is 9.97 Å². The Bertz CT molecular complexity index is 1010. The Labute approximate surface area is 214 Å². The smallest absolute Gasteiger partial charge is 0.412 e. The van der Waals surface area contributed by atoms with Crippen LogP contribution in [0.4, 0.5) is 10.5 Å². The second kappa shape index (κ2) is 12.2. The molecule has 1 saturated heterocycles. The van der Waals surface area contributed by atoms with Crippen LogP contribution < -0.4 is 10.1 Å². The number of ether oxygens (including phenoxy) is 2. The summed E-state index contributed by atoms with van der Waals surface area (Å²) in [6.07, 6.45) is 2.35. The Morgan fingerprint density at radius 1 is 1.08 bits per heavy atom. The van der Waals surface area contributed by atoms with E-state index in [1.165, 1.54) is 5.56 Å². The summed E-state index contributed by atoms with van der Waals surface area (Å²) in [5, 5.41) is 2.69. The molecule has 0 bridgehead atoms. The third-order valence-electron chi connectivity index (χ3n) is 6.26. The largest absolute Gasteiger partial charge is 0.453 e. The van der Waals surface area contributed by atoms with E-state index in [1.54, 1.807) is 39.5 Å². The van der Waals surface area contributed by atoms with Gasteiger partial charge in [0.15, 0.2) is 6.61 Å². The van der Waals surface area contributed by atoms with Crippen LogP contribution in [0.3, 0.4) is 0 Å². The predicted molar refractivity (Wildman–Crippen MR) is 139 cm³/mol. The van der Waals surface area contributed by atoms with Crippen molar-refractivity contribution in [3.63, 3.8) is 0 Å². The molecule has 0 radical (unpaired) electrons. The van der Waals surface area contributed by atoms with Gasteiger partial charge in [-0.3, -0.25) is 10.1 Å². The average molecular weight is 498 g/mol. The predicted octanol–water partition coefficient (Wildman–Crippen LogP) is 3.98. The molecule has 1 aromatic heterocycles. The molecule has 1 aliphatic rings. The van der Waals surface area contributed by atoms with E-state index in [0.717, 1.165) is 38.9 Å². The number of piperidine rings is 1. The number of nitrogens with zero attached hydrogens (tertiary/aromatic N) is 4. The summed E-state index contributed by atoms with van der Waals surface area (Å²) in [5.41, 5.74) is 2.28. The van der Waals surface area contributed by atoms with Crippen LogP contribution in [-0.2, 0) is 16.0 Å². The Kier molecular flexibility index (Phi) is 9.25. The first kappa shape index (κ1) is 27.4. The van der Waals surface area contributed by atoms with E-state index in [9.17, 15) is 9.59 Å². The maximum atomic E-state index is 12.8. The standard InChI is InChI=1S/C27H39N5O4/c1-19-24(30-26(34)36-27(3,4)5)20(2)29-25(28-19)35-18-23(33)31(6)22-13-16-32(17-14-22)15-12-21-10-8-7-9-11-21/h7-11,22H,12-18H2,1-6H3,(H,30,34). The zero-order valence-corrected chi connectivity index (χ0v) is 22.3. The van der Waals surface area contributed by atoms with E-state index in [0.29, 0.717) is 17.1 Å². The monoisotopic (exact) mass is 497 g/mol. The summed E-state index contributed by atoms with van der Waals surface area (Å²) in [5.74, 6) is -0.104. The number of carbonyl (C=O) groups excluding carboxylic acids is 2. The maximum absolute atomic E-state index is 12.8. The van der Waals surface area contributed by atoms with E-state index < -0.39 is 11.7 Å². The fourth-order valence-corrected chi connectivity index (χ4v) is 4.23. The molecule has 0 aliphatic carbocycles. The number of likely N-dealkylation sites (N-methyl/N-ethyl adjacent to an activating group) is 1. The van der Waals surface area contributed by atoms with Gasteiger partial charge >= 0.3 is 12.1 Å². The Hall–Kier alpha value is -3.20. The highest BCUT2D eigenvalue weighted by atomic mass is 16.6. The van der Waals surface area contributed by atoms with Crippen molar-refractivity contribution < 1.29 is 19.1 Å². The van der Waals surface area contributed by atoms with Crippen LogP contribution in [0.5, 0.6) is 6.01 Å². The number of aromatic nitrogens is 2. The maximum Gasteiger partial charge on any atom is 0.412 e. The van der Waals surface area contributed by atoms with Gasteiger partial charge in [-0.1, -0.05) is 30.3 Å². The molecule has 0 saturated carbocycles. The molecule has 0 atom stereocenters. The van der Waals surface area contributed by atoms with E-state index >= 15 is 0 Å². The van der Waals surface area contributed by atoms with Crippen LogP contribution in [0.15, 0.2) is 30.3 Å².